The van der Waals surface area contributed by atoms with Gasteiger partial charge in [-0.25, -0.2) is 19.3 Å². The van der Waals surface area contributed by atoms with Gasteiger partial charge < -0.3 is 5.73 Å². The van der Waals surface area contributed by atoms with Crippen molar-refractivity contribution in [3.8, 4) is 28.3 Å². The second-order valence-corrected chi connectivity index (χ2v) is 7.95. The minimum absolute atomic E-state index is 0.0434. The fourth-order valence-corrected chi connectivity index (χ4v) is 3.99. The first-order valence-corrected chi connectivity index (χ1v) is 10.8. The summed E-state index contributed by atoms with van der Waals surface area (Å²) in [6.45, 7) is 2.04. The van der Waals surface area contributed by atoms with Crippen molar-refractivity contribution in [2.75, 3.05) is 5.73 Å². The summed E-state index contributed by atoms with van der Waals surface area (Å²) >= 11 is 0. The SMILES string of the molecule is CCc1ccc(-n2c(-c3cccnc3N)nc3ccc(-c4ccc(F)cc4C(F)(F)F)nc32)cc1. The average molecular weight is 477 g/mol. The molecule has 0 fully saturated rings. The molecule has 9 heteroatoms. The predicted octanol–water partition coefficient (Wildman–Crippen LogP) is 6.45. The van der Waals surface area contributed by atoms with Crippen LogP contribution in [0.2, 0.25) is 0 Å². The normalized spacial score (nSPS) is 11.8. The van der Waals surface area contributed by atoms with Gasteiger partial charge in [0.1, 0.15) is 17.2 Å². The molecule has 0 atom stereocenters. The van der Waals surface area contributed by atoms with Crippen LogP contribution in [-0.4, -0.2) is 19.5 Å². The van der Waals surface area contributed by atoms with Gasteiger partial charge in [-0.1, -0.05) is 19.1 Å². The summed E-state index contributed by atoms with van der Waals surface area (Å²) in [4.78, 5) is 13.4. The maximum absolute atomic E-state index is 13.7. The number of rotatable bonds is 4. The lowest BCUT2D eigenvalue weighted by Crippen LogP contribution is -2.08. The van der Waals surface area contributed by atoms with Gasteiger partial charge in [0.05, 0.1) is 16.8 Å². The van der Waals surface area contributed by atoms with Crippen LogP contribution >= 0.6 is 0 Å². The van der Waals surface area contributed by atoms with Gasteiger partial charge in [0, 0.05) is 17.4 Å². The van der Waals surface area contributed by atoms with Gasteiger partial charge in [-0.2, -0.15) is 13.2 Å². The monoisotopic (exact) mass is 477 g/mol. The fraction of sp³-hybridized carbons (Fsp3) is 0.115. The van der Waals surface area contributed by atoms with Crippen molar-refractivity contribution in [2.45, 2.75) is 19.5 Å². The van der Waals surface area contributed by atoms with E-state index in [0.29, 0.717) is 34.3 Å². The van der Waals surface area contributed by atoms with E-state index >= 15 is 0 Å². The van der Waals surface area contributed by atoms with Gasteiger partial charge in [0.25, 0.3) is 0 Å². The summed E-state index contributed by atoms with van der Waals surface area (Å²) < 4.78 is 56.5. The number of halogens is 4. The Morgan fingerprint density at radius 3 is 2.37 bits per heavy atom. The number of anilines is 1. The van der Waals surface area contributed by atoms with E-state index in [9.17, 15) is 17.6 Å². The molecule has 0 amide bonds. The summed E-state index contributed by atoms with van der Waals surface area (Å²) in [7, 11) is 0. The summed E-state index contributed by atoms with van der Waals surface area (Å²) in [5, 5.41) is 0. The van der Waals surface area contributed by atoms with Crippen LogP contribution in [0.15, 0.2) is 72.9 Å². The van der Waals surface area contributed by atoms with E-state index in [1.807, 2.05) is 31.2 Å². The van der Waals surface area contributed by atoms with Crippen molar-refractivity contribution in [1.82, 2.24) is 19.5 Å². The maximum atomic E-state index is 13.7. The maximum Gasteiger partial charge on any atom is 0.417 e. The Bertz CT molecular complexity index is 1540. The van der Waals surface area contributed by atoms with Gasteiger partial charge in [-0.05, 0) is 66.6 Å². The third kappa shape index (κ3) is 4.09. The lowest BCUT2D eigenvalue weighted by atomic mass is 10.0. The van der Waals surface area contributed by atoms with Crippen LogP contribution in [0.1, 0.15) is 18.1 Å². The Balaban J connectivity index is 1.79. The molecule has 0 bridgehead atoms. The minimum atomic E-state index is -4.75. The lowest BCUT2D eigenvalue weighted by molar-refractivity contribution is -0.137. The van der Waals surface area contributed by atoms with E-state index in [1.54, 1.807) is 29.0 Å². The lowest BCUT2D eigenvalue weighted by Gasteiger charge is -2.14. The van der Waals surface area contributed by atoms with Gasteiger partial charge >= 0.3 is 6.18 Å². The van der Waals surface area contributed by atoms with Crippen molar-refractivity contribution >= 4 is 17.0 Å². The van der Waals surface area contributed by atoms with Crippen LogP contribution in [0.3, 0.4) is 0 Å². The molecule has 0 saturated heterocycles. The van der Waals surface area contributed by atoms with Gasteiger partial charge in [0.2, 0.25) is 0 Å². The van der Waals surface area contributed by atoms with Gasteiger partial charge in [-0.15, -0.1) is 0 Å². The second-order valence-electron chi connectivity index (χ2n) is 7.95. The number of pyridine rings is 2. The van der Waals surface area contributed by atoms with Gasteiger partial charge in [-0.3, -0.25) is 4.57 Å². The highest BCUT2D eigenvalue weighted by atomic mass is 19.4. The number of hydrogen-bond acceptors (Lipinski definition) is 4. The fourth-order valence-electron chi connectivity index (χ4n) is 3.99. The minimum Gasteiger partial charge on any atom is -0.383 e. The number of aryl methyl sites for hydroxylation is 1. The molecule has 0 aliphatic rings. The van der Waals surface area contributed by atoms with E-state index in [2.05, 4.69) is 15.0 Å². The molecule has 0 saturated carbocycles. The molecule has 5 rings (SSSR count). The van der Waals surface area contributed by atoms with Crippen LogP contribution in [0.25, 0.3) is 39.5 Å². The first-order valence-electron chi connectivity index (χ1n) is 10.8. The zero-order valence-electron chi connectivity index (χ0n) is 18.5. The third-order valence-corrected chi connectivity index (χ3v) is 5.75. The van der Waals surface area contributed by atoms with Gasteiger partial charge in [0.15, 0.2) is 11.5 Å². The number of alkyl halides is 3. The van der Waals surface area contributed by atoms with Crippen molar-refractivity contribution in [2.24, 2.45) is 0 Å². The van der Waals surface area contributed by atoms with E-state index < -0.39 is 17.6 Å². The number of nitrogens with two attached hydrogens (primary N) is 1. The standard InChI is InChI=1S/C26H19F4N5/c1-2-15-5-8-17(9-6-15)35-24(19-4-3-13-32-23(19)31)34-22-12-11-21(33-25(22)35)18-10-7-16(27)14-20(18)26(28,29)30/h3-14H,2H2,1H3,(H2,31,32). The molecular formula is C26H19F4N5. The second kappa shape index (κ2) is 8.50. The number of aromatic nitrogens is 4. The number of hydrogen-bond donors (Lipinski definition) is 1. The zero-order valence-corrected chi connectivity index (χ0v) is 18.5. The molecule has 2 N–H and O–H groups in total. The predicted molar refractivity (Wildman–Crippen MR) is 126 cm³/mol. The Morgan fingerprint density at radius 1 is 0.914 bits per heavy atom. The van der Waals surface area contributed by atoms with Crippen molar-refractivity contribution in [1.29, 1.82) is 0 Å². The molecule has 0 spiro atoms. The molecule has 0 aliphatic heterocycles. The van der Waals surface area contributed by atoms with E-state index in [1.165, 1.54) is 6.07 Å². The molecule has 0 aliphatic carbocycles. The number of nitrogen functional groups attached to an aromatic ring is 1. The first-order chi connectivity index (χ1) is 16.8. The van der Waals surface area contributed by atoms with Crippen molar-refractivity contribution < 1.29 is 17.6 Å². The van der Waals surface area contributed by atoms with E-state index in [-0.39, 0.29) is 17.1 Å². The van der Waals surface area contributed by atoms with Crippen LogP contribution in [0.4, 0.5) is 23.4 Å². The number of benzene rings is 2. The third-order valence-electron chi connectivity index (χ3n) is 5.75. The Labute approximate surface area is 197 Å². The highest BCUT2D eigenvalue weighted by molar-refractivity contribution is 5.85. The molecule has 5 nitrogen and oxygen atoms in total. The van der Waals surface area contributed by atoms with Crippen molar-refractivity contribution in [3.05, 3.63) is 89.9 Å². The van der Waals surface area contributed by atoms with E-state index in [4.69, 9.17) is 5.73 Å². The molecule has 3 heterocycles. The van der Waals surface area contributed by atoms with Crippen LogP contribution in [0.5, 0.6) is 0 Å². The smallest absolute Gasteiger partial charge is 0.383 e. The Hall–Kier alpha value is -4.27. The molecule has 2 aromatic carbocycles. The average Bonchev–Trinajstić information content (AvgIpc) is 3.22. The quantitative estimate of drug-likeness (QED) is 0.302. The highest BCUT2D eigenvalue weighted by Gasteiger charge is 2.34. The molecule has 5 aromatic rings. The number of imidazole rings is 1. The largest absolute Gasteiger partial charge is 0.417 e. The summed E-state index contributed by atoms with van der Waals surface area (Å²) in [5.74, 6) is -0.264. The summed E-state index contributed by atoms with van der Waals surface area (Å²) in [6.07, 6.45) is -2.34. The Morgan fingerprint density at radius 2 is 1.69 bits per heavy atom. The molecule has 0 radical (unpaired) electrons. The molecule has 0 unspecified atom stereocenters. The molecule has 35 heavy (non-hydrogen) atoms. The number of fused-ring (bicyclic) bond motifs is 1. The molecule has 176 valence electrons. The zero-order chi connectivity index (χ0) is 24.7. The van der Waals surface area contributed by atoms with Crippen LogP contribution in [-0.2, 0) is 12.6 Å². The van der Waals surface area contributed by atoms with Crippen LogP contribution in [0, 0.1) is 5.82 Å². The molecule has 3 aromatic heterocycles. The van der Waals surface area contributed by atoms with Crippen LogP contribution < -0.4 is 5.73 Å². The number of nitrogens with zero attached hydrogens (tertiary/aromatic N) is 4. The first kappa shape index (κ1) is 22.5. The topological polar surface area (TPSA) is 69.6 Å². The Kier molecular flexibility index (Phi) is 5.47. The summed E-state index contributed by atoms with van der Waals surface area (Å²) in [6, 6.07) is 16.8. The van der Waals surface area contributed by atoms with Crippen molar-refractivity contribution in [3.63, 3.8) is 0 Å². The molecular weight excluding hydrogens is 458 g/mol. The van der Waals surface area contributed by atoms with E-state index in [0.717, 1.165) is 24.1 Å². The summed E-state index contributed by atoms with van der Waals surface area (Å²) in [5.41, 5.74) is 8.03. The highest BCUT2D eigenvalue weighted by Crippen LogP contribution is 2.38.